The Morgan fingerprint density at radius 2 is 1.12 bits per heavy atom. The molecule has 26 heavy (non-hydrogen) atoms. The second-order valence-electron chi connectivity index (χ2n) is 8.07. The largest absolute Gasteiger partial charge is 0.469 e. The van der Waals surface area contributed by atoms with E-state index in [1.165, 1.54) is 110 Å². The maximum absolute atomic E-state index is 11.0. The zero-order valence-electron chi connectivity index (χ0n) is 17.6. The second-order valence-corrected chi connectivity index (χ2v) is 9.55. The third-order valence-corrected chi connectivity index (χ3v) is 7.14. The molecule has 1 saturated heterocycles. The fourth-order valence-electron chi connectivity index (χ4n) is 3.77. The number of ether oxygens (including phenoxy) is 1. The zero-order chi connectivity index (χ0) is 18.9. The molecule has 0 aromatic rings. The van der Waals surface area contributed by atoms with Crippen LogP contribution in [0.5, 0.6) is 0 Å². The Hall–Kier alpha value is -0.180. The molecule has 0 radical (unpaired) electrons. The molecule has 2 nitrogen and oxygen atoms in total. The van der Waals surface area contributed by atoms with Crippen LogP contribution in [0.25, 0.3) is 0 Å². The van der Waals surface area contributed by atoms with Gasteiger partial charge in [0.15, 0.2) is 0 Å². The molecule has 1 aliphatic heterocycles. The molecule has 2 atom stereocenters. The number of methoxy groups -OCH3 is 1. The van der Waals surface area contributed by atoms with Gasteiger partial charge in [-0.15, -0.1) is 0 Å². The minimum atomic E-state index is -0.0609. The summed E-state index contributed by atoms with van der Waals surface area (Å²) in [5, 5.41) is 1.96. The van der Waals surface area contributed by atoms with Gasteiger partial charge in [-0.3, -0.25) is 4.79 Å². The van der Waals surface area contributed by atoms with Gasteiger partial charge < -0.3 is 4.74 Å². The van der Waals surface area contributed by atoms with Crippen LogP contribution in [0.15, 0.2) is 0 Å². The lowest BCUT2D eigenvalue weighted by atomic mass is 10.0. The van der Waals surface area contributed by atoms with Gasteiger partial charge in [-0.05, 0) is 19.3 Å². The molecule has 2 unspecified atom stereocenters. The summed E-state index contributed by atoms with van der Waals surface area (Å²) in [5.74, 6) is -0.0609. The Morgan fingerprint density at radius 3 is 1.58 bits per heavy atom. The van der Waals surface area contributed by atoms with E-state index in [2.05, 4.69) is 23.4 Å². The van der Waals surface area contributed by atoms with Gasteiger partial charge in [-0.2, -0.15) is 11.8 Å². The number of rotatable bonds is 19. The van der Waals surface area contributed by atoms with E-state index in [9.17, 15) is 4.79 Å². The van der Waals surface area contributed by atoms with Crippen LogP contribution in [0.3, 0.4) is 0 Å². The fourth-order valence-corrected chi connectivity index (χ4v) is 5.00. The quantitative estimate of drug-likeness (QED) is 0.130. The van der Waals surface area contributed by atoms with E-state index >= 15 is 0 Å². The summed E-state index contributed by atoms with van der Waals surface area (Å²) in [6.07, 6.45) is 24.1. The van der Waals surface area contributed by atoms with E-state index in [0.717, 1.165) is 16.9 Å². The molecule has 3 heteroatoms. The molecule has 0 saturated carbocycles. The summed E-state index contributed by atoms with van der Waals surface area (Å²) < 4.78 is 4.67. The summed E-state index contributed by atoms with van der Waals surface area (Å²) in [7, 11) is 1.47. The predicted octanol–water partition coefficient (Wildman–Crippen LogP) is 7.69. The van der Waals surface area contributed by atoms with Crippen LogP contribution in [0, 0.1) is 0 Å². The van der Waals surface area contributed by atoms with Crippen LogP contribution >= 0.6 is 11.8 Å². The van der Waals surface area contributed by atoms with Crippen molar-refractivity contribution in [2.24, 2.45) is 0 Å². The molecule has 1 aliphatic rings. The minimum Gasteiger partial charge on any atom is -0.469 e. The minimum absolute atomic E-state index is 0.0609. The molecular weight excluding hydrogens is 340 g/mol. The van der Waals surface area contributed by atoms with E-state index in [0.29, 0.717) is 6.42 Å². The van der Waals surface area contributed by atoms with Crippen molar-refractivity contribution in [3.8, 4) is 0 Å². The molecule has 0 spiro atoms. The van der Waals surface area contributed by atoms with Gasteiger partial charge in [-0.25, -0.2) is 0 Å². The molecule has 0 bridgehead atoms. The Balaban J connectivity index is 1.74. The molecule has 0 aliphatic carbocycles. The van der Waals surface area contributed by atoms with Crippen molar-refractivity contribution >= 4 is 17.7 Å². The lowest BCUT2D eigenvalue weighted by Gasteiger charge is -2.03. The van der Waals surface area contributed by atoms with E-state index in [4.69, 9.17) is 0 Å². The molecule has 0 aromatic heterocycles. The maximum atomic E-state index is 11.0. The number of esters is 1. The third kappa shape index (κ3) is 13.9. The smallest absolute Gasteiger partial charge is 0.305 e. The molecule has 1 fully saturated rings. The van der Waals surface area contributed by atoms with E-state index in [1.807, 2.05) is 0 Å². The highest BCUT2D eigenvalue weighted by Crippen LogP contribution is 2.47. The van der Waals surface area contributed by atoms with Crippen molar-refractivity contribution in [2.45, 2.75) is 133 Å². The van der Waals surface area contributed by atoms with Gasteiger partial charge in [0.05, 0.1) is 7.11 Å². The van der Waals surface area contributed by atoms with Gasteiger partial charge in [0, 0.05) is 16.9 Å². The number of carbonyl (C=O) groups excluding carboxylic acids is 1. The highest BCUT2D eigenvalue weighted by molar-refractivity contribution is 8.07. The van der Waals surface area contributed by atoms with Gasteiger partial charge in [0.2, 0.25) is 0 Å². The number of carbonyl (C=O) groups is 1. The lowest BCUT2D eigenvalue weighted by Crippen LogP contribution is -1.99. The Labute approximate surface area is 167 Å². The third-order valence-electron chi connectivity index (χ3n) is 5.63. The molecular formula is C23H44O2S. The Kier molecular flexibility index (Phi) is 15.6. The summed E-state index contributed by atoms with van der Waals surface area (Å²) in [5.41, 5.74) is 0. The van der Waals surface area contributed by atoms with Crippen molar-refractivity contribution in [1.29, 1.82) is 0 Å². The first kappa shape index (κ1) is 23.9. The van der Waals surface area contributed by atoms with Crippen molar-refractivity contribution in [2.75, 3.05) is 7.11 Å². The summed E-state index contributed by atoms with van der Waals surface area (Å²) in [6, 6.07) is 0. The van der Waals surface area contributed by atoms with Crippen molar-refractivity contribution in [1.82, 2.24) is 0 Å². The zero-order valence-corrected chi connectivity index (χ0v) is 18.4. The number of thioether (sulfide) groups is 1. The van der Waals surface area contributed by atoms with Gasteiger partial charge in [0.25, 0.3) is 0 Å². The molecule has 1 heterocycles. The van der Waals surface area contributed by atoms with Crippen LogP contribution < -0.4 is 0 Å². The average Bonchev–Trinajstić information content (AvgIpc) is 3.40. The summed E-state index contributed by atoms with van der Waals surface area (Å²) >= 11 is 2.23. The van der Waals surface area contributed by atoms with Gasteiger partial charge >= 0.3 is 5.97 Å². The normalized spacial score (nSPS) is 18.8. The second kappa shape index (κ2) is 17.0. The van der Waals surface area contributed by atoms with Crippen LogP contribution in [0.1, 0.15) is 122 Å². The van der Waals surface area contributed by atoms with E-state index in [1.54, 1.807) is 0 Å². The molecule has 0 N–H and O–H groups in total. The summed E-state index contributed by atoms with van der Waals surface area (Å²) in [4.78, 5) is 11.0. The predicted molar refractivity (Wildman–Crippen MR) is 116 cm³/mol. The first-order chi connectivity index (χ1) is 12.8. The first-order valence-corrected chi connectivity index (χ1v) is 12.4. The van der Waals surface area contributed by atoms with Gasteiger partial charge in [-0.1, -0.05) is 96.8 Å². The molecule has 1 rings (SSSR count). The Morgan fingerprint density at radius 1 is 0.692 bits per heavy atom. The van der Waals surface area contributed by atoms with Crippen molar-refractivity contribution in [3.63, 3.8) is 0 Å². The first-order valence-electron chi connectivity index (χ1n) is 11.5. The summed E-state index contributed by atoms with van der Waals surface area (Å²) in [6.45, 7) is 2.29. The SMILES string of the molecule is CCCCCCCCCCCCC1SC1CCCCCCCC(=O)OC. The molecule has 0 amide bonds. The lowest BCUT2D eigenvalue weighted by molar-refractivity contribution is -0.140. The highest BCUT2D eigenvalue weighted by atomic mass is 32.2. The standard InChI is InChI=1S/C23H44O2S/c1-3-4-5-6-7-8-9-10-12-15-18-21-22(26-21)19-16-13-11-14-17-20-23(24)25-2/h21-22H,3-20H2,1-2H3. The molecule has 0 aromatic carbocycles. The van der Waals surface area contributed by atoms with Crippen molar-refractivity contribution in [3.05, 3.63) is 0 Å². The fraction of sp³-hybridized carbons (Fsp3) is 0.957. The number of hydrogen-bond acceptors (Lipinski definition) is 3. The maximum Gasteiger partial charge on any atom is 0.305 e. The van der Waals surface area contributed by atoms with Crippen LogP contribution in [-0.4, -0.2) is 23.6 Å². The highest BCUT2D eigenvalue weighted by Gasteiger charge is 2.36. The topological polar surface area (TPSA) is 26.3 Å². The average molecular weight is 385 g/mol. The van der Waals surface area contributed by atoms with Crippen LogP contribution in [0.4, 0.5) is 0 Å². The van der Waals surface area contributed by atoms with E-state index in [-0.39, 0.29) is 5.97 Å². The number of unbranched alkanes of at least 4 members (excludes halogenated alkanes) is 13. The monoisotopic (exact) mass is 384 g/mol. The Bertz CT molecular complexity index is 332. The van der Waals surface area contributed by atoms with E-state index < -0.39 is 0 Å². The molecule has 154 valence electrons. The van der Waals surface area contributed by atoms with Crippen molar-refractivity contribution < 1.29 is 9.53 Å². The van der Waals surface area contributed by atoms with Crippen LogP contribution in [-0.2, 0) is 9.53 Å². The van der Waals surface area contributed by atoms with Gasteiger partial charge in [0.1, 0.15) is 0 Å². The number of hydrogen-bond donors (Lipinski definition) is 0. The van der Waals surface area contributed by atoms with Crippen LogP contribution in [0.2, 0.25) is 0 Å².